The summed E-state index contributed by atoms with van der Waals surface area (Å²) in [6.45, 7) is 4.42. The summed E-state index contributed by atoms with van der Waals surface area (Å²) >= 11 is 12.7. The Kier molecular flexibility index (Phi) is 5.84. The lowest BCUT2D eigenvalue weighted by molar-refractivity contribution is -0.121. The smallest absolute Gasteiger partial charge is 0.220 e. The zero-order valence-corrected chi connectivity index (χ0v) is 16.3. The van der Waals surface area contributed by atoms with Gasteiger partial charge in [-0.2, -0.15) is 0 Å². The lowest BCUT2D eigenvalue weighted by Crippen LogP contribution is -2.28. The van der Waals surface area contributed by atoms with Crippen LogP contribution in [0.1, 0.15) is 44.1 Å². The van der Waals surface area contributed by atoms with Crippen LogP contribution in [0, 0.1) is 0 Å². The number of halogens is 2. The summed E-state index contributed by atoms with van der Waals surface area (Å²) in [6, 6.07) is 13.2. The molecule has 26 heavy (non-hydrogen) atoms. The lowest BCUT2D eigenvalue weighted by atomic mass is 10.2. The average molecular weight is 390 g/mol. The maximum Gasteiger partial charge on any atom is 0.220 e. The Balaban J connectivity index is 2.04. The molecule has 0 aliphatic carbocycles. The van der Waals surface area contributed by atoms with Crippen molar-refractivity contribution in [2.24, 2.45) is 0 Å². The molecule has 1 atom stereocenters. The number of imidazole rings is 1. The highest BCUT2D eigenvalue weighted by atomic mass is 35.5. The number of amides is 1. The van der Waals surface area contributed by atoms with Gasteiger partial charge in [0.15, 0.2) is 0 Å². The van der Waals surface area contributed by atoms with E-state index in [4.69, 9.17) is 28.2 Å². The molecule has 0 aliphatic rings. The van der Waals surface area contributed by atoms with Crippen molar-refractivity contribution >= 4 is 40.1 Å². The molecule has 3 rings (SSSR count). The summed E-state index contributed by atoms with van der Waals surface area (Å²) in [4.78, 5) is 16.8. The number of nitrogens with zero attached hydrogens (tertiary/aromatic N) is 2. The second kappa shape index (κ2) is 8.11. The largest absolute Gasteiger partial charge is 0.346 e. The minimum absolute atomic E-state index is 0.0226. The first-order valence-corrected chi connectivity index (χ1v) is 9.44. The molecule has 0 fully saturated rings. The Morgan fingerprint density at radius 2 is 1.85 bits per heavy atom. The van der Waals surface area contributed by atoms with Gasteiger partial charge in [0.2, 0.25) is 5.91 Å². The zero-order chi connectivity index (χ0) is 18.7. The van der Waals surface area contributed by atoms with Gasteiger partial charge in [-0.1, -0.05) is 48.3 Å². The predicted molar refractivity (Wildman–Crippen MR) is 107 cm³/mol. The van der Waals surface area contributed by atoms with Crippen molar-refractivity contribution in [3.8, 4) is 0 Å². The number of rotatable bonds is 6. The number of hydrogen-bond acceptors (Lipinski definition) is 2. The van der Waals surface area contributed by atoms with E-state index in [-0.39, 0.29) is 11.9 Å². The van der Waals surface area contributed by atoms with Crippen LogP contribution in [-0.4, -0.2) is 15.5 Å². The van der Waals surface area contributed by atoms with E-state index < -0.39 is 0 Å². The van der Waals surface area contributed by atoms with Crippen molar-refractivity contribution < 1.29 is 4.79 Å². The highest BCUT2D eigenvalue weighted by molar-refractivity contribution is 6.36. The van der Waals surface area contributed by atoms with Gasteiger partial charge in [-0.15, -0.1) is 0 Å². The topological polar surface area (TPSA) is 46.9 Å². The van der Waals surface area contributed by atoms with Crippen LogP contribution in [0.15, 0.2) is 42.5 Å². The molecule has 0 radical (unpaired) electrons. The van der Waals surface area contributed by atoms with E-state index in [0.29, 0.717) is 23.0 Å². The third-order valence-corrected chi connectivity index (χ3v) is 5.01. The number of hydrogen-bond donors (Lipinski definition) is 1. The van der Waals surface area contributed by atoms with Crippen molar-refractivity contribution in [1.29, 1.82) is 0 Å². The van der Waals surface area contributed by atoms with E-state index >= 15 is 0 Å². The number of fused-ring (bicyclic) bond motifs is 1. The first-order valence-electron chi connectivity index (χ1n) is 8.68. The third kappa shape index (κ3) is 3.87. The predicted octanol–water partition coefficient (Wildman–Crippen LogP) is 5.37. The van der Waals surface area contributed by atoms with E-state index in [0.717, 1.165) is 28.8 Å². The summed E-state index contributed by atoms with van der Waals surface area (Å²) in [5.74, 6) is 0.807. The van der Waals surface area contributed by atoms with Crippen LogP contribution in [0.2, 0.25) is 10.0 Å². The van der Waals surface area contributed by atoms with Gasteiger partial charge in [-0.3, -0.25) is 4.79 Å². The monoisotopic (exact) mass is 389 g/mol. The van der Waals surface area contributed by atoms with Crippen LogP contribution in [0.4, 0.5) is 0 Å². The molecule has 1 heterocycles. The maximum atomic E-state index is 12.0. The van der Waals surface area contributed by atoms with Crippen LogP contribution in [-0.2, 0) is 11.3 Å². The molecule has 0 spiro atoms. The molecular formula is C20H21Cl2N3O. The first-order chi connectivity index (χ1) is 12.5. The number of carbonyl (C=O) groups is 1. The molecule has 0 aliphatic heterocycles. The lowest BCUT2D eigenvalue weighted by Gasteiger charge is -2.17. The van der Waals surface area contributed by atoms with Crippen molar-refractivity contribution in [3.63, 3.8) is 0 Å². The van der Waals surface area contributed by atoms with Crippen molar-refractivity contribution in [3.05, 3.63) is 63.9 Å². The van der Waals surface area contributed by atoms with Crippen LogP contribution < -0.4 is 5.32 Å². The molecule has 1 amide bonds. The van der Waals surface area contributed by atoms with Crippen molar-refractivity contribution in [1.82, 2.24) is 14.9 Å². The second-order valence-corrected chi connectivity index (χ2v) is 7.10. The Hall–Kier alpha value is -2.04. The fourth-order valence-corrected chi connectivity index (χ4v) is 3.55. The quantitative estimate of drug-likeness (QED) is 0.615. The molecule has 0 bridgehead atoms. The zero-order valence-electron chi connectivity index (χ0n) is 14.8. The molecular weight excluding hydrogens is 369 g/mol. The first kappa shape index (κ1) is 18.7. The fraction of sp³-hybridized carbons (Fsp3) is 0.300. The molecule has 1 unspecified atom stereocenters. The summed E-state index contributed by atoms with van der Waals surface area (Å²) in [5.41, 5.74) is 2.70. The van der Waals surface area contributed by atoms with Gasteiger partial charge in [-0.05, 0) is 37.6 Å². The van der Waals surface area contributed by atoms with E-state index in [1.54, 1.807) is 0 Å². The Morgan fingerprint density at radius 3 is 2.54 bits per heavy atom. The van der Waals surface area contributed by atoms with Gasteiger partial charge < -0.3 is 9.88 Å². The van der Waals surface area contributed by atoms with Gasteiger partial charge in [0.05, 0.1) is 23.6 Å². The van der Waals surface area contributed by atoms with E-state index in [2.05, 4.69) is 9.88 Å². The summed E-state index contributed by atoms with van der Waals surface area (Å²) in [6.07, 6.45) is 1.31. The van der Waals surface area contributed by atoms with E-state index in [1.165, 1.54) is 0 Å². The Bertz CT molecular complexity index is 916. The highest BCUT2D eigenvalue weighted by Crippen LogP contribution is 2.29. The minimum atomic E-state index is -0.220. The standard InChI is InChI=1S/C20H21Cl2N3O/c1-3-7-19(26)23-13(2)20-24-17-10-4-5-11-18(17)25(20)12-14-15(21)8-6-9-16(14)22/h4-6,8-11,13H,3,7,12H2,1-2H3,(H,23,26). The molecule has 0 saturated heterocycles. The van der Waals surface area contributed by atoms with E-state index in [9.17, 15) is 4.79 Å². The Labute approximate surface area is 163 Å². The van der Waals surface area contributed by atoms with Crippen LogP contribution in [0.5, 0.6) is 0 Å². The SMILES string of the molecule is CCCC(=O)NC(C)c1nc2ccccc2n1Cc1c(Cl)cccc1Cl. The second-order valence-electron chi connectivity index (χ2n) is 6.28. The minimum Gasteiger partial charge on any atom is -0.346 e. The molecule has 136 valence electrons. The number of nitrogens with one attached hydrogen (secondary N) is 1. The Morgan fingerprint density at radius 1 is 1.15 bits per heavy atom. The van der Waals surface area contributed by atoms with Gasteiger partial charge >= 0.3 is 0 Å². The van der Waals surface area contributed by atoms with Gasteiger partial charge in [0.25, 0.3) is 0 Å². The van der Waals surface area contributed by atoms with Crippen molar-refractivity contribution in [2.45, 2.75) is 39.3 Å². The average Bonchev–Trinajstić information content (AvgIpc) is 2.97. The molecule has 4 nitrogen and oxygen atoms in total. The summed E-state index contributed by atoms with van der Waals surface area (Å²) in [7, 11) is 0. The van der Waals surface area contributed by atoms with Crippen LogP contribution in [0.25, 0.3) is 11.0 Å². The molecule has 1 N–H and O–H groups in total. The van der Waals surface area contributed by atoms with Crippen LogP contribution >= 0.6 is 23.2 Å². The molecule has 0 saturated carbocycles. The molecule has 6 heteroatoms. The highest BCUT2D eigenvalue weighted by Gasteiger charge is 2.19. The maximum absolute atomic E-state index is 12.0. The molecule has 1 aromatic heterocycles. The third-order valence-electron chi connectivity index (χ3n) is 4.30. The van der Waals surface area contributed by atoms with E-state index in [1.807, 2.05) is 56.3 Å². The number of aromatic nitrogens is 2. The van der Waals surface area contributed by atoms with Gasteiger partial charge in [0.1, 0.15) is 5.82 Å². The normalized spacial score (nSPS) is 12.3. The van der Waals surface area contributed by atoms with Crippen molar-refractivity contribution in [2.75, 3.05) is 0 Å². The molecule has 3 aromatic rings. The molecule has 2 aromatic carbocycles. The summed E-state index contributed by atoms with van der Waals surface area (Å²) < 4.78 is 2.07. The van der Waals surface area contributed by atoms with Gasteiger partial charge in [0, 0.05) is 22.0 Å². The fourth-order valence-electron chi connectivity index (χ4n) is 3.04. The van der Waals surface area contributed by atoms with Gasteiger partial charge in [-0.25, -0.2) is 4.98 Å². The number of carbonyl (C=O) groups excluding carboxylic acids is 1. The number of para-hydroxylation sites is 2. The van der Waals surface area contributed by atoms with Crippen LogP contribution in [0.3, 0.4) is 0 Å². The summed E-state index contributed by atoms with van der Waals surface area (Å²) in [5, 5.41) is 4.25. The number of benzene rings is 2.